The van der Waals surface area contributed by atoms with Gasteiger partial charge in [-0.2, -0.15) is 5.10 Å². The molecule has 4 rings (SSSR count). The molecule has 0 aromatic carbocycles. The number of likely N-dealkylation sites (tertiary alicyclic amines) is 1. The topological polar surface area (TPSA) is 88.8 Å². The molecule has 1 aliphatic rings. The lowest BCUT2D eigenvalue weighted by atomic mass is 10.0. The Morgan fingerprint density at radius 2 is 2.06 bits per heavy atom. The second kappa shape index (κ2) is 8.97. The summed E-state index contributed by atoms with van der Waals surface area (Å²) in [5.41, 5.74) is 2.76. The summed E-state index contributed by atoms with van der Waals surface area (Å²) in [5, 5.41) is 8.26. The first-order valence-electron chi connectivity index (χ1n) is 10.4. The highest BCUT2D eigenvalue weighted by Crippen LogP contribution is 2.31. The van der Waals surface area contributed by atoms with Crippen molar-refractivity contribution >= 4 is 34.3 Å². The highest BCUT2D eigenvalue weighted by molar-refractivity contribution is 7.15. The zero-order valence-electron chi connectivity index (χ0n) is 18.3. The molecule has 31 heavy (non-hydrogen) atoms. The van der Waals surface area contributed by atoms with E-state index in [1.807, 2.05) is 37.9 Å². The van der Waals surface area contributed by atoms with Crippen LogP contribution in [0.3, 0.4) is 0 Å². The Morgan fingerprint density at radius 3 is 2.77 bits per heavy atom. The van der Waals surface area contributed by atoms with Gasteiger partial charge in [-0.3, -0.25) is 9.48 Å². The van der Waals surface area contributed by atoms with Crippen LogP contribution < -0.4 is 5.32 Å². The molecule has 4 heterocycles. The molecule has 0 saturated carbocycles. The summed E-state index contributed by atoms with van der Waals surface area (Å²) < 4.78 is 1.74. The molecule has 1 saturated heterocycles. The third kappa shape index (κ3) is 4.82. The smallest absolute Gasteiger partial charge is 0.247 e. The number of carbonyl (C=O) groups excluding carboxylic acids is 1. The van der Waals surface area contributed by atoms with Crippen LogP contribution in [0.15, 0.2) is 24.4 Å². The van der Waals surface area contributed by atoms with Crippen molar-refractivity contribution in [2.75, 3.05) is 11.9 Å². The van der Waals surface area contributed by atoms with E-state index in [2.05, 4.69) is 27.3 Å². The number of piperidine rings is 1. The van der Waals surface area contributed by atoms with Gasteiger partial charge in [-0.15, -0.1) is 11.3 Å². The fraction of sp³-hybridized carbons (Fsp3) is 0.409. The van der Waals surface area contributed by atoms with Crippen LogP contribution in [0.2, 0.25) is 0 Å². The van der Waals surface area contributed by atoms with Gasteiger partial charge in [0.25, 0.3) is 0 Å². The van der Waals surface area contributed by atoms with Gasteiger partial charge in [0.2, 0.25) is 5.91 Å². The molecule has 9 heteroatoms. The highest BCUT2D eigenvalue weighted by atomic mass is 32.1. The first-order valence-corrected chi connectivity index (χ1v) is 11.3. The van der Waals surface area contributed by atoms with Gasteiger partial charge in [-0.1, -0.05) is 0 Å². The molecule has 162 valence electrons. The van der Waals surface area contributed by atoms with Crippen molar-refractivity contribution in [3.63, 3.8) is 0 Å². The molecular weight excluding hydrogens is 410 g/mol. The number of aryl methyl sites for hydroxylation is 4. The summed E-state index contributed by atoms with van der Waals surface area (Å²) in [5.74, 6) is 1.35. The van der Waals surface area contributed by atoms with Crippen molar-refractivity contribution in [2.45, 2.75) is 46.1 Å². The normalized spacial score (nSPS) is 16.8. The fourth-order valence-corrected chi connectivity index (χ4v) is 4.53. The standard InChI is InChI=1S/C22H27N7OS/c1-14-13-19(27-22-25-15(2)16(3)31-22)26-21(24-14)18-7-5-6-12-29(18)20(30)9-8-17-10-11-23-28(17)4/h8-11,13,18H,5-7,12H2,1-4H3,(H,24,25,26,27)/b9-8+. The van der Waals surface area contributed by atoms with E-state index in [0.29, 0.717) is 18.2 Å². The van der Waals surface area contributed by atoms with Crippen molar-refractivity contribution in [1.82, 2.24) is 29.6 Å². The zero-order chi connectivity index (χ0) is 22.0. The summed E-state index contributed by atoms with van der Waals surface area (Å²) in [6.45, 7) is 6.70. The Balaban J connectivity index is 1.57. The third-order valence-electron chi connectivity index (χ3n) is 5.47. The Kier molecular flexibility index (Phi) is 6.13. The summed E-state index contributed by atoms with van der Waals surface area (Å²) >= 11 is 1.60. The van der Waals surface area contributed by atoms with Crippen LogP contribution >= 0.6 is 11.3 Å². The predicted molar refractivity (Wildman–Crippen MR) is 122 cm³/mol. The molecule has 1 unspecified atom stereocenters. The van der Waals surface area contributed by atoms with E-state index in [1.54, 1.807) is 34.4 Å². The van der Waals surface area contributed by atoms with Gasteiger partial charge < -0.3 is 10.2 Å². The summed E-state index contributed by atoms with van der Waals surface area (Å²) in [6.07, 6.45) is 8.02. The number of hydrogen-bond acceptors (Lipinski definition) is 7. The second-order valence-corrected chi connectivity index (χ2v) is 9.00. The van der Waals surface area contributed by atoms with E-state index < -0.39 is 0 Å². The van der Waals surface area contributed by atoms with E-state index in [-0.39, 0.29) is 11.9 Å². The molecule has 0 bridgehead atoms. The Hall–Kier alpha value is -3.07. The van der Waals surface area contributed by atoms with Gasteiger partial charge in [-0.25, -0.2) is 15.0 Å². The number of aromatic nitrogens is 5. The minimum absolute atomic E-state index is 0.0308. The van der Waals surface area contributed by atoms with Crippen LogP contribution in [0.5, 0.6) is 0 Å². The Labute approximate surface area is 186 Å². The van der Waals surface area contributed by atoms with Crippen LogP contribution in [0, 0.1) is 20.8 Å². The first-order chi connectivity index (χ1) is 14.9. The van der Waals surface area contributed by atoms with Gasteiger partial charge in [0.1, 0.15) is 5.82 Å². The lowest BCUT2D eigenvalue weighted by Gasteiger charge is -2.34. The number of hydrogen-bond donors (Lipinski definition) is 1. The zero-order valence-corrected chi connectivity index (χ0v) is 19.1. The van der Waals surface area contributed by atoms with Crippen molar-refractivity contribution in [2.24, 2.45) is 7.05 Å². The second-order valence-electron chi connectivity index (χ2n) is 7.79. The third-order valence-corrected chi connectivity index (χ3v) is 6.46. The number of nitrogens with one attached hydrogen (secondary N) is 1. The molecule has 3 aromatic heterocycles. The monoisotopic (exact) mass is 437 g/mol. The van der Waals surface area contributed by atoms with E-state index in [4.69, 9.17) is 4.98 Å². The minimum atomic E-state index is -0.141. The van der Waals surface area contributed by atoms with Crippen molar-refractivity contribution in [3.05, 3.63) is 52.2 Å². The van der Waals surface area contributed by atoms with Crippen LogP contribution in [0.4, 0.5) is 10.9 Å². The maximum absolute atomic E-state index is 13.0. The lowest BCUT2D eigenvalue weighted by molar-refractivity contribution is -0.129. The van der Waals surface area contributed by atoms with Crippen molar-refractivity contribution < 1.29 is 4.79 Å². The van der Waals surface area contributed by atoms with Crippen molar-refractivity contribution in [3.8, 4) is 0 Å². The van der Waals surface area contributed by atoms with E-state index in [9.17, 15) is 4.79 Å². The Bertz CT molecular complexity index is 1100. The molecule has 1 N–H and O–H groups in total. The van der Waals surface area contributed by atoms with Crippen LogP contribution in [0.25, 0.3) is 6.08 Å². The van der Waals surface area contributed by atoms with Crippen LogP contribution in [-0.4, -0.2) is 42.1 Å². The molecule has 0 spiro atoms. The molecule has 1 amide bonds. The predicted octanol–water partition coefficient (Wildman–Crippen LogP) is 4.10. The minimum Gasteiger partial charge on any atom is -0.329 e. The van der Waals surface area contributed by atoms with E-state index in [0.717, 1.165) is 41.5 Å². The quantitative estimate of drug-likeness (QED) is 0.605. The maximum atomic E-state index is 13.0. The van der Waals surface area contributed by atoms with E-state index >= 15 is 0 Å². The SMILES string of the molecule is Cc1cc(Nc2nc(C)c(C)s2)nc(C2CCCCN2C(=O)/C=C/c2ccnn2C)n1. The molecule has 0 radical (unpaired) electrons. The molecule has 1 fully saturated rings. The van der Waals surface area contributed by atoms with Gasteiger partial charge in [0.05, 0.1) is 17.4 Å². The van der Waals surface area contributed by atoms with Crippen molar-refractivity contribution in [1.29, 1.82) is 0 Å². The fourth-order valence-electron chi connectivity index (χ4n) is 3.70. The number of carbonyl (C=O) groups is 1. The average Bonchev–Trinajstić information content (AvgIpc) is 3.29. The van der Waals surface area contributed by atoms with Gasteiger partial charge in [0, 0.05) is 42.5 Å². The highest BCUT2D eigenvalue weighted by Gasteiger charge is 2.29. The van der Waals surface area contributed by atoms with Gasteiger partial charge in [0.15, 0.2) is 11.0 Å². The summed E-state index contributed by atoms with van der Waals surface area (Å²) in [7, 11) is 1.86. The number of rotatable bonds is 5. The maximum Gasteiger partial charge on any atom is 0.247 e. The molecular formula is C22H27N7OS. The van der Waals surface area contributed by atoms with Crippen LogP contribution in [0.1, 0.15) is 53.1 Å². The molecule has 1 atom stereocenters. The number of amides is 1. The molecule has 8 nitrogen and oxygen atoms in total. The largest absolute Gasteiger partial charge is 0.329 e. The average molecular weight is 438 g/mol. The summed E-state index contributed by atoms with van der Waals surface area (Å²) in [6, 6.07) is 3.64. The molecule has 3 aromatic rings. The summed E-state index contributed by atoms with van der Waals surface area (Å²) in [4.78, 5) is 30.1. The molecule has 1 aliphatic heterocycles. The lowest BCUT2D eigenvalue weighted by Crippen LogP contribution is -2.38. The Morgan fingerprint density at radius 1 is 1.23 bits per heavy atom. The van der Waals surface area contributed by atoms with Crippen LogP contribution in [-0.2, 0) is 11.8 Å². The van der Waals surface area contributed by atoms with Gasteiger partial charge in [-0.05, 0) is 52.2 Å². The first kappa shape index (κ1) is 21.2. The number of nitrogens with zero attached hydrogens (tertiary/aromatic N) is 6. The number of anilines is 2. The van der Waals surface area contributed by atoms with E-state index in [1.165, 1.54) is 4.88 Å². The number of thiazole rings is 1. The van der Waals surface area contributed by atoms with Gasteiger partial charge >= 0.3 is 0 Å². The molecule has 0 aliphatic carbocycles.